The first-order chi connectivity index (χ1) is 3.68. The van der Waals surface area contributed by atoms with Gasteiger partial charge in [-0.15, -0.1) is 0 Å². The highest BCUT2D eigenvalue weighted by Gasteiger charge is 2.08. The van der Waals surface area contributed by atoms with Gasteiger partial charge in [0, 0.05) is 0 Å². The lowest BCUT2D eigenvalue weighted by atomic mass is 10.2. The van der Waals surface area contributed by atoms with Crippen molar-refractivity contribution in [1.82, 2.24) is 0 Å². The average Bonchev–Trinajstić information content (AvgIpc) is 1.67. The summed E-state index contributed by atoms with van der Waals surface area (Å²) in [7, 11) is 0. The Hall–Kier alpha value is 0.270. The van der Waals surface area contributed by atoms with Crippen LogP contribution < -0.4 is 0 Å². The zero-order valence-corrected chi connectivity index (χ0v) is 5.80. The van der Waals surface area contributed by atoms with Crippen LogP contribution in [0.3, 0.4) is 0 Å². The predicted octanol–water partition coefficient (Wildman–Crippen LogP) is 0.396. The Morgan fingerprint density at radius 3 is 2.12 bits per heavy atom. The minimum Gasteiger partial charge on any atom is -0.367 e. The van der Waals surface area contributed by atoms with Crippen molar-refractivity contribution in [1.29, 1.82) is 0 Å². The lowest BCUT2D eigenvalue weighted by molar-refractivity contribution is -0.0408. The second-order valence-corrected chi connectivity index (χ2v) is 2.43. The van der Waals surface area contributed by atoms with Crippen molar-refractivity contribution in [2.75, 3.05) is 0 Å². The maximum atomic E-state index is 8.43. The van der Waals surface area contributed by atoms with Gasteiger partial charge in [-0.05, 0) is 6.42 Å². The van der Waals surface area contributed by atoms with Crippen molar-refractivity contribution in [2.24, 2.45) is 0 Å². The molecule has 0 spiro atoms. The minimum atomic E-state index is -1.27. The van der Waals surface area contributed by atoms with E-state index < -0.39 is 6.29 Å². The minimum absolute atomic E-state index is 0.278. The molecule has 2 N–H and O–H groups in total. The van der Waals surface area contributed by atoms with E-state index in [1.807, 2.05) is 6.92 Å². The number of hydrogen-bond acceptors (Lipinski definition) is 3. The summed E-state index contributed by atoms with van der Waals surface area (Å²) in [6.45, 7) is 1.98. The zero-order valence-electron chi connectivity index (χ0n) is 4.91. The fraction of sp³-hybridized carbons (Fsp3) is 1.00. The summed E-state index contributed by atoms with van der Waals surface area (Å²) in [6, 6.07) is 0. The Morgan fingerprint density at radius 1 is 1.50 bits per heavy atom. The third-order valence-electron chi connectivity index (χ3n) is 0.929. The molecular formula is C5H12O2S. The lowest BCUT2D eigenvalue weighted by Gasteiger charge is -2.09. The number of rotatable bonds is 3. The molecule has 0 aliphatic rings. The van der Waals surface area contributed by atoms with E-state index in [0.717, 1.165) is 12.8 Å². The number of aliphatic hydroxyl groups is 2. The van der Waals surface area contributed by atoms with Gasteiger partial charge in [-0.25, -0.2) is 0 Å². The van der Waals surface area contributed by atoms with Crippen LogP contribution >= 0.6 is 12.6 Å². The fourth-order valence-electron chi connectivity index (χ4n) is 0.445. The normalized spacial score (nSPS) is 14.6. The maximum Gasteiger partial charge on any atom is 0.163 e. The Labute approximate surface area is 54.9 Å². The summed E-state index contributed by atoms with van der Waals surface area (Å²) in [5.74, 6) is 0. The predicted molar refractivity (Wildman–Crippen MR) is 35.9 cm³/mol. The van der Waals surface area contributed by atoms with E-state index in [1.54, 1.807) is 0 Å². The van der Waals surface area contributed by atoms with Crippen LogP contribution in [0.4, 0.5) is 0 Å². The number of hydrogen-bond donors (Lipinski definition) is 3. The molecule has 0 aromatic rings. The molecule has 0 saturated carbocycles. The van der Waals surface area contributed by atoms with Crippen molar-refractivity contribution in [2.45, 2.75) is 31.3 Å². The van der Waals surface area contributed by atoms with Crippen LogP contribution in [0, 0.1) is 0 Å². The van der Waals surface area contributed by atoms with Gasteiger partial charge in [-0.1, -0.05) is 13.3 Å². The quantitative estimate of drug-likeness (QED) is 0.388. The molecule has 50 valence electrons. The standard InChI is InChI=1S/C5H12O2S/c1-2-3-4(8)5(6)7/h4-8H,2-3H2,1H3. The molecule has 1 atom stereocenters. The highest BCUT2D eigenvalue weighted by Crippen LogP contribution is 2.06. The van der Waals surface area contributed by atoms with E-state index >= 15 is 0 Å². The van der Waals surface area contributed by atoms with Crippen LogP contribution in [0.2, 0.25) is 0 Å². The highest BCUT2D eigenvalue weighted by atomic mass is 32.1. The number of thiol groups is 1. The Morgan fingerprint density at radius 2 is 2.00 bits per heavy atom. The van der Waals surface area contributed by atoms with Crippen LogP contribution in [0.5, 0.6) is 0 Å². The molecular weight excluding hydrogens is 124 g/mol. The SMILES string of the molecule is CCCC(S)C(O)O. The molecule has 0 bridgehead atoms. The Kier molecular flexibility index (Phi) is 4.32. The van der Waals surface area contributed by atoms with Crippen molar-refractivity contribution < 1.29 is 10.2 Å². The monoisotopic (exact) mass is 136 g/mol. The van der Waals surface area contributed by atoms with Gasteiger partial charge in [0.1, 0.15) is 0 Å². The lowest BCUT2D eigenvalue weighted by Crippen LogP contribution is -2.19. The van der Waals surface area contributed by atoms with Crippen LogP contribution in [0.15, 0.2) is 0 Å². The molecule has 0 aromatic heterocycles. The summed E-state index contributed by atoms with van der Waals surface area (Å²) < 4.78 is 0. The smallest absolute Gasteiger partial charge is 0.163 e. The summed E-state index contributed by atoms with van der Waals surface area (Å²) in [5.41, 5.74) is 0. The topological polar surface area (TPSA) is 40.5 Å². The summed E-state index contributed by atoms with van der Waals surface area (Å²) >= 11 is 3.90. The van der Waals surface area contributed by atoms with E-state index in [1.165, 1.54) is 0 Å². The van der Waals surface area contributed by atoms with Crippen LogP contribution in [-0.2, 0) is 0 Å². The van der Waals surface area contributed by atoms with Gasteiger partial charge in [0.2, 0.25) is 0 Å². The summed E-state index contributed by atoms with van der Waals surface area (Å²) in [4.78, 5) is 0. The summed E-state index contributed by atoms with van der Waals surface area (Å²) in [6.07, 6.45) is 0.422. The third kappa shape index (κ3) is 3.29. The molecule has 0 heterocycles. The van der Waals surface area contributed by atoms with Crippen LogP contribution in [-0.4, -0.2) is 21.8 Å². The fourth-order valence-corrected chi connectivity index (χ4v) is 0.703. The molecule has 3 heteroatoms. The van der Waals surface area contributed by atoms with Crippen molar-refractivity contribution >= 4 is 12.6 Å². The number of aliphatic hydroxyl groups excluding tert-OH is 1. The molecule has 8 heavy (non-hydrogen) atoms. The summed E-state index contributed by atoms with van der Waals surface area (Å²) in [5, 5.41) is 16.6. The Bertz CT molecular complexity index is 56.4. The second kappa shape index (κ2) is 4.18. The van der Waals surface area contributed by atoms with Crippen molar-refractivity contribution in [3.05, 3.63) is 0 Å². The largest absolute Gasteiger partial charge is 0.367 e. The van der Waals surface area contributed by atoms with Crippen molar-refractivity contribution in [3.8, 4) is 0 Å². The van der Waals surface area contributed by atoms with E-state index in [9.17, 15) is 0 Å². The molecule has 1 unspecified atom stereocenters. The molecule has 0 aliphatic heterocycles. The van der Waals surface area contributed by atoms with Gasteiger partial charge in [0.05, 0.1) is 5.25 Å². The van der Waals surface area contributed by atoms with Crippen LogP contribution in [0.25, 0.3) is 0 Å². The van der Waals surface area contributed by atoms with Crippen LogP contribution in [0.1, 0.15) is 19.8 Å². The van der Waals surface area contributed by atoms with Crippen molar-refractivity contribution in [3.63, 3.8) is 0 Å². The van der Waals surface area contributed by atoms with E-state index in [2.05, 4.69) is 12.6 Å². The molecule has 0 fully saturated rings. The maximum absolute atomic E-state index is 8.43. The van der Waals surface area contributed by atoms with Gasteiger partial charge in [-0.3, -0.25) is 0 Å². The molecule has 0 aliphatic carbocycles. The zero-order chi connectivity index (χ0) is 6.57. The first kappa shape index (κ1) is 8.27. The first-order valence-electron chi connectivity index (χ1n) is 2.72. The van der Waals surface area contributed by atoms with Gasteiger partial charge in [-0.2, -0.15) is 12.6 Å². The van der Waals surface area contributed by atoms with Gasteiger partial charge in [0.15, 0.2) is 6.29 Å². The average molecular weight is 136 g/mol. The molecule has 0 radical (unpaired) electrons. The molecule has 0 amide bonds. The van der Waals surface area contributed by atoms with E-state index in [0.29, 0.717) is 0 Å². The Balaban J connectivity index is 3.17. The molecule has 0 saturated heterocycles. The molecule has 0 aromatic carbocycles. The van der Waals surface area contributed by atoms with Gasteiger partial charge in [0.25, 0.3) is 0 Å². The third-order valence-corrected chi connectivity index (χ3v) is 1.45. The van der Waals surface area contributed by atoms with E-state index in [-0.39, 0.29) is 5.25 Å². The van der Waals surface area contributed by atoms with Gasteiger partial charge >= 0.3 is 0 Å². The first-order valence-corrected chi connectivity index (χ1v) is 3.24. The van der Waals surface area contributed by atoms with E-state index in [4.69, 9.17) is 10.2 Å². The van der Waals surface area contributed by atoms with Gasteiger partial charge < -0.3 is 10.2 Å². The highest BCUT2D eigenvalue weighted by molar-refractivity contribution is 7.81. The molecule has 2 nitrogen and oxygen atoms in total. The second-order valence-electron chi connectivity index (χ2n) is 1.77. The molecule has 0 rings (SSSR count).